The second-order valence-corrected chi connectivity index (χ2v) is 7.71. The maximum Gasteiger partial charge on any atom is 0.226 e. The molecule has 0 aromatic heterocycles. The van der Waals surface area contributed by atoms with Crippen LogP contribution in [0.15, 0.2) is 24.3 Å². The minimum atomic E-state index is 0.0883. The van der Waals surface area contributed by atoms with Crippen molar-refractivity contribution in [3.05, 3.63) is 29.8 Å². The van der Waals surface area contributed by atoms with Crippen molar-refractivity contribution in [3.8, 4) is 5.75 Å². The highest BCUT2D eigenvalue weighted by atomic mass is 16.5. The summed E-state index contributed by atoms with van der Waals surface area (Å²) in [7, 11) is 1.64. The van der Waals surface area contributed by atoms with Gasteiger partial charge in [0.05, 0.1) is 13.5 Å². The second kappa shape index (κ2) is 8.56. The molecule has 1 aromatic rings. The Morgan fingerprint density at radius 3 is 2.35 bits per heavy atom. The molecule has 0 aliphatic carbocycles. The highest BCUT2D eigenvalue weighted by Gasteiger charge is 2.31. The summed E-state index contributed by atoms with van der Waals surface area (Å²) in [5.74, 6) is 1.95. The first-order chi connectivity index (χ1) is 12.6. The van der Waals surface area contributed by atoms with Gasteiger partial charge < -0.3 is 14.5 Å². The van der Waals surface area contributed by atoms with E-state index in [1.54, 1.807) is 7.11 Å². The van der Waals surface area contributed by atoms with Crippen molar-refractivity contribution in [2.24, 2.45) is 11.8 Å². The molecule has 1 atom stereocenters. The van der Waals surface area contributed by atoms with Gasteiger partial charge in [-0.1, -0.05) is 19.1 Å². The van der Waals surface area contributed by atoms with E-state index in [9.17, 15) is 9.59 Å². The quantitative estimate of drug-likeness (QED) is 0.832. The summed E-state index contributed by atoms with van der Waals surface area (Å²) < 4.78 is 5.15. The van der Waals surface area contributed by atoms with Crippen molar-refractivity contribution in [3.63, 3.8) is 0 Å². The van der Waals surface area contributed by atoms with Crippen LogP contribution >= 0.6 is 0 Å². The average molecular weight is 358 g/mol. The van der Waals surface area contributed by atoms with Crippen molar-refractivity contribution in [1.82, 2.24) is 9.80 Å². The number of hydrogen-bond acceptors (Lipinski definition) is 3. The van der Waals surface area contributed by atoms with E-state index in [2.05, 4.69) is 6.92 Å². The summed E-state index contributed by atoms with van der Waals surface area (Å²) in [4.78, 5) is 29.2. The van der Waals surface area contributed by atoms with Gasteiger partial charge in [0.15, 0.2) is 0 Å². The summed E-state index contributed by atoms with van der Waals surface area (Å²) >= 11 is 0. The Hall–Kier alpha value is -2.04. The van der Waals surface area contributed by atoms with Crippen LogP contribution in [-0.4, -0.2) is 54.9 Å². The number of piperidine rings is 2. The smallest absolute Gasteiger partial charge is 0.226 e. The van der Waals surface area contributed by atoms with Gasteiger partial charge in [0.2, 0.25) is 11.8 Å². The van der Waals surface area contributed by atoms with Crippen LogP contribution in [0.5, 0.6) is 5.75 Å². The third kappa shape index (κ3) is 4.57. The fraction of sp³-hybridized carbons (Fsp3) is 0.619. The Morgan fingerprint density at radius 1 is 1.04 bits per heavy atom. The average Bonchev–Trinajstić information content (AvgIpc) is 2.68. The molecule has 3 rings (SSSR count). The molecule has 2 saturated heterocycles. The lowest BCUT2D eigenvalue weighted by Crippen LogP contribution is -2.47. The first-order valence-corrected chi connectivity index (χ1v) is 9.76. The summed E-state index contributed by atoms with van der Waals surface area (Å²) in [6.07, 6.45) is 4.33. The third-order valence-electron chi connectivity index (χ3n) is 5.68. The molecule has 0 radical (unpaired) electrons. The molecule has 5 heteroatoms. The zero-order valence-corrected chi connectivity index (χ0v) is 15.9. The molecule has 5 nitrogen and oxygen atoms in total. The molecule has 2 amide bonds. The van der Waals surface area contributed by atoms with Crippen LogP contribution in [-0.2, 0) is 16.0 Å². The number of amides is 2. The highest BCUT2D eigenvalue weighted by molar-refractivity contribution is 5.81. The molecule has 0 N–H and O–H groups in total. The second-order valence-electron chi connectivity index (χ2n) is 7.71. The maximum absolute atomic E-state index is 12.7. The van der Waals surface area contributed by atoms with Gasteiger partial charge in [-0.15, -0.1) is 0 Å². The fourth-order valence-corrected chi connectivity index (χ4v) is 4.05. The van der Waals surface area contributed by atoms with Gasteiger partial charge in [0, 0.05) is 32.1 Å². The Morgan fingerprint density at radius 2 is 1.73 bits per heavy atom. The van der Waals surface area contributed by atoms with E-state index in [1.165, 1.54) is 6.42 Å². The minimum Gasteiger partial charge on any atom is -0.497 e. The number of ether oxygens (including phenoxy) is 1. The molecule has 2 aliphatic rings. The normalized spacial score (nSPS) is 21.5. The van der Waals surface area contributed by atoms with E-state index in [4.69, 9.17) is 4.74 Å². The summed E-state index contributed by atoms with van der Waals surface area (Å²) in [5.41, 5.74) is 0.997. The molecule has 0 bridgehead atoms. The summed E-state index contributed by atoms with van der Waals surface area (Å²) in [6.45, 7) is 5.40. The molecular formula is C21H30N2O3. The van der Waals surface area contributed by atoms with Crippen LogP contribution in [0, 0.1) is 11.8 Å². The zero-order chi connectivity index (χ0) is 18.5. The largest absolute Gasteiger partial charge is 0.497 e. The molecule has 2 fully saturated rings. The number of likely N-dealkylation sites (tertiary alicyclic amines) is 2. The van der Waals surface area contributed by atoms with Crippen LogP contribution in [0.1, 0.15) is 38.2 Å². The minimum absolute atomic E-state index is 0.0883. The first kappa shape index (κ1) is 18.7. The van der Waals surface area contributed by atoms with Crippen molar-refractivity contribution in [2.45, 2.75) is 39.0 Å². The van der Waals surface area contributed by atoms with Crippen LogP contribution < -0.4 is 4.74 Å². The maximum atomic E-state index is 12.7. The Bertz CT molecular complexity index is 621. The molecule has 2 heterocycles. The standard InChI is InChI=1S/C21H30N2O3/c1-16-4-3-11-23(15-16)21(25)18-9-12-22(13-10-18)20(24)14-17-5-7-19(26-2)8-6-17/h5-8,16,18H,3-4,9-15H2,1-2H3. The van der Waals surface area contributed by atoms with E-state index < -0.39 is 0 Å². The predicted octanol–water partition coefficient (Wildman–Crippen LogP) is 2.73. The van der Waals surface area contributed by atoms with Gasteiger partial charge in [-0.05, 0) is 49.3 Å². The number of methoxy groups -OCH3 is 1. The van der Waals surface area contributed by atoms with Crippen molar-refractivity contribution in [2.75, 3.05) is 33.3 Å². The Labute approximate surface area is 156 Å². The SMILES string of the molecule is COc1ccc(CC(=O)N2CCC(C(=O)N3CCCC(C)C3)CC2)cc1. The molecule has 2 aliphatic heterocycles. The van der Waals surface area contributed by atoms with Crippen molar-refractivity contribution < 1.29 is 14.3 Å². The van der Waals surface area contributed by atoms with Crippen LogP contribution in [0.25, 0.3) is 0 Å². The summed E-state index contributed by atoms with van der Waals surface area (Å²) in [6, 6.07) is 7.63. The lowest BCUT2D eigenvalue weighted by Gasteiger charge is -2.37. The van der Waals surface area contributed by atoms with E-state index in [1.807, 2.05) is 34.1 Å². The molecule has 142 valence electrons. The molecule has 0 spiro atoms. The monoisotopic (exact) mass is 358 g/mol. The summed E-state index contributed by atoms with van der Waals surface area (Å²) in [5, 5.41) is 0. The van der Waals surface area contributed by atoms with Gasteiger partial charge in [-0.25, -0.2) is 0 Å². The van der Waals surface area contributed by atoms with Gasteiger partial charge in [0.1, 0.15) is 5.75 Å². The first-order valence-electron chi connectivity index (χ1n) is 9.76. The van der Waals surface area contributed by atoms with Gasteiger partial charge in [0.25, 0.3) is 0 Å². The lowest BCUT2D eigenvalue weighted by atomic mass is 9.92. The Balaban J connectivity index is 1.48. The van der Waals surface area contributed by atoms with Crippen molar-refractivity contribution >= 4 is 11.8 Å². The number of nitrogens with zero attached hydrogens (tertiary/aromatic N) is 2. The molecular weight excluding hydrogens is 328 g/mol. The van der Waals surface area contributed by atoms with E-state index in [0.717, 1.165) is 43.7 Å². The third-order valence-corrected chi connectivity index (χ3v) is 5.68. The van der Waals surface area contributed by atoms with E-state index >= 15 is 0 Å². The molecule has 0 saturated carbocycles. The number of carbonyl (C=O) groups is 2. The number of carbonyl (C=O) groups excluding carboxylic acids is 2. The number of hydrogen-bond donors (Lipinski definition) is 0. The topological polar surface area (TPSA) is 49.9 Å². The van der Waals surface area contributed by atoms with E-state index in [0.29, 0.717) is 31.3 Å². The molecule has 26 heavy (non-hydrogen) atoms. The predicted molar refractivity (Wildman–Crippen MR) is 101 cm³/mol. The van der Waals surface area contributed by atoms with Crippen LogP contribution in [0.3, 0.4) is 0 Å². The van der Waals surface area contributed by atoms with Crippen LogP contribution in [0.2, 0.25) is 0 Å². The number of benzene rings is 1. The van der Waals surface area contributed by atoms with Crippen molar-refractivity contribution in [1.29, 1.82) is 0 Å². The molecule has 1 unspecified atom stereocenters. The van der Waals surface area contributed by atoms with E-state index in [-0.39, 0.29) is 11.8 Å². The zero-order valence-electron chi connectivity index (χ0n) is 15.9. The van der Waals surface area contributed by atoms with Gasteiger partial charge in [-0.2, -0.15) is 0 Å². The van der Waals surface area contributed by atoms with Gasteiger partial charge in [-0.3, -0.25) is 9.59 Å². The fourth-order valence-electron chi connectivity index (χ4n) is 4.05. The Kier molecular flexibility index (Phi) is 6.17. The van der Waals surface area contributed by atoms with Gasteiger partial charge >= 0.3 is 0 Å². The molecule has 1 aromatic carbocycles. The highest BCUT2D eigenvalue weighted by Crippen LogP contribution is 2.24. The van der Waals surface area contributed by atoms with Crippen LogP contribution in [0.4, 0.5) is 0 Å². The lowest BCUT2D eigenvalue weighted by molar-refractivity contribution is -0.141. The number of rotatable bonds is 4.